The molecule has 1 saturated heterocycles. The summed E-state index contributed by atoms with van der Waals surface area (Å²) in [5.41, 5.74) is 1.23. The summed E-state index contributed by atoms with van der Waals surface area (Å²) in [4.78, 5) is 17.0. The van der Waals surface area contributed by atoms with Crippen LogP contribution in [0.25, 0.3) is 11.3 Å². The van der Waals surface area contributed by atoms with Crippen molar-refractivity contribution in [2.45, 2.75) is 71.3 Å². The second-order valence-electron chi connectivity index (χ2n) is 9.66. The highest BCUT2D eigenvalue weighted by Crippen LogP contribution is 2.37. The Balaban J connectivity index is 1.61. The zero-order chi connectivity index (χ0) is 29.0. The van der Waals surface area contributed by atoms with Gasteiger partial charge in [0.15, 0.2) is 5.82 Å². The van der Waals surface area contributed by atoms with Crippen molar-refractivity contribution >= 4 is 15.7 Å². The lowest BCUT2D eigenvalue weighted by Crippen LogP contribution is -2.53. The van der Waals surface area contributed by atoms with Gasteiger partial charge in [-0.2, -0.15) is 5.10 Å². The van der Waals surface area contributed by atoms with Gasteiger partial charge in [-0.3, -0.25) is 9.48 Å². The number of nitrogens with one attached hydrogen (secondary N) is 1. The van der Waals surface area contributed by atoms with Crippen molar-refractivity contribution in [2.75, 3.05) is 18.1 Å². The number of hydrogen-bond acceptors (Lipinski definition) is 6. The minimum atomic E-state index is -3.08. The molecule has 8 nitrogen and oxygen atoms in total. The number of hydrogen-bond donors (Lipinski definition) is 1. The molecule has 1 fully saturated rings. The highest BCUT2D eigenvalue weighted by atomic mass is 32.2. The normalized spacial score (nSPS) is 24.1. The third-order valence-corrected chi connectivity index (χ3v) is 8.41. The molecule has 1 aliphatic carbocycles. The fraction of sp³-hybridized carbons (Fsp3) is 0.625. The van der Waals surface area contributed by atoms with Gasteiger partial charge in [-0.1, -0.05) is 0 Å². The highest BCUT2D eigenvalue weighted by Gasteiger charge is 2.38. The van der Waals surface area contributed by atoms with E-state index < -0.39 is 40.5 Å². The Hall–Kier alpha value is -2.49. The maximum Gasteiger partial charge on any atom is 0.223 e. The lowest BCUT2D eigenvalue weighted by molar-refractivity contribution is -0.127. The molecule has 34 heavy (non-hydrogen) atoms. The van der Waals surface area contributed by atoms with Crippen molar-refractivity contribution in [3.63, 3.8) is 0 Å². The van der Waals surface area contributed by atoms with Gasteiger partial charge in [0.1, 0.15) is 9.84 Å². The molecule has 1 aliphatic heterocycles. The van der Waals surface area contributed by atoms with Crippen LogP contribution in [-0.2, 0) is 27.5 Å². The monoisotopic (exact) mass is 497 g/mol. The quantitative estimate of drug-likeness (QED) is 0.657. The van der Waals surface area contributed by atoms with E-state index in [1.165, 1.54) is 0 Å². The first-order valence-corrected chi connectivity index (χ1v) is 13.2. The number of nitrogens with zero attached hydrogens (tertiary/aromatic N) is 3. The third kappa shape index (κ3) is 4.96. The molecule has 2 aromatic heterocycles. The summed E-state index contributed by atoms with van der Waals surface area (Å²) in [5, 5.41) is 7.71. The molecule has 0 unspecified atom stereocenters. The van der Waals surface area contributed by atoms with Gasteiger partial charge < -0.3 is 10.1 Å². The van der Waals surface area contributed by atoms with Crippen molar-refractivity contribution < 1.29 is 29.2 Å². The van der Waals surface area contributed by atoms with Crippen molar-refractivity contribution in [1.29, 1.82) is 0 Å². The van der Waals surface area contributed by atoms with Gasteiger partial charge in [-0.05, 0) is 53.3 Å². The van der Waals surface area contributed by atoms with Crippen LogP contribution in [0.1, 0.15) is 71.0 Å². The first-order valence-electron chi connectivity index (χ1n) is 13.9. The Bertz CT molecular complexity index is 1360. The van der Waals surface area contributed by atoms with E-state index in [9.17, 15) is 17.6 Å². The number of ether oxygens (including phenoxy) is 1. The summed E-state index contributed by atoms with van der Waals surface area (Å²) in [5.74, 6) is -1.57. The van der Waals surface area contributed by atoms with Crippen LogP contribution in [0.3, 0.4) is 0 Å². The van der Waals surface area contributed by atoms with E-state index in [1.807, 2.05) is 20.8 Å². The van der Waals surface area contributed by atoms with Crippen LogP contribution < -0.4 is 10.1 Å². The number of pyridine rings is 1. The number of carbonyl (C=O) groups excluding carboxylic acids is 1. The summed E-state index contributed by atoms with van der Waals surface area (Å²) < 4.78 is 82.8. The zero-order valence-electron chi connectivity index (χ0n) is 24.5. The number of carbonyl (C=O) groups is 1. The van der Waals surface area contributed by atoms with Crippen LogP contribution in [0.5, 0.6) is 5.88 Å². The lowest BCUT2D eigenvalue weighted by Gasteiger charge is -2.36. The molecule has 0 saturated carbocycles. The van der Waals surface area contributed by atoms with E-state index in [-0.39, 0.29) is 34.9 Å². The van der Waals surface area contributed by atoms with Gasteiger partial charge in [-0.15, -0.1) is 0 Å². The molecular weight excluding hydrogens is 459 g/mol. The molecule has 0 aromatic carbocycles. The summed E-state index contributed by atoms with van der Waals surface area (Å²) in [7, 11) is -3.07. The molecule has 2 aromatic rings. The van der Waals surface area contributed by atoms with Crippen molar-refractivity contribution in [2.24, 2.45) is 5.92 Å². The average molecular weight is 498 g/mol. The molecule has 0 spiro atoms. The topological polar surface area (TPSA) is 103 Å². The van der Waals surface area contributed by atoms with Crippen LogP contribution in [-0.4, -0.2) is 52.7 Å². The van der Waals surface area contributed by atoms with Crippen LogP contribution >= 0.6 is 0 Å². The Morgan fingerprint density at radius 2 is 2.18 bits per heavy atom. The molecule has 0 bridgehead atoms. The molecule has 3 heterocycles. The molecule has 0 radical (unpaired) electrons. The molecule has 1 atom stereocenters. The van der Waals surface area contributed by atoms with E-state index in [4.69, 9.17) is 11.6 Å². The Kier molecular flexibility index (Phi) is 5.13. The molecule has 186 valence electrons. The second-order valence-corrected chi connectivity index (χ2v) is 12.0. The molecule has 1 amide bonds. The number of fused-ring (bicyclic) bond motifs is 1. The molecule has 10 heteroatoms. The van der Waals surface area contributed by atoms with Crippen LogP contribution in [0, 0.1) is 11.7 Å². The number of rotatable bonds is 6. The smallest absolute Gasteiger partial charge is 0.223 e. The molecule has 4 rings (SSSR count). The summed E-state index contributed by atoms with van der Waals surface area (Å²) in [6.07, 6.45) is 2.82. The van der Waals surface area contributed by atoms with E-state index in [0.29, 0.717) is 37.8 Å². The summed E-state index contributed by atoms with van der Waals surface area (Å²) >= 11 is 0. The number of sulfone groups is 1. The van der Waals surface area contributed by atoms with E-state index in [1.54, 1.807) is 4.68 Å². The fourth-order valence-electron chi connectivity index (χ4n) is 4.73. The number of amides is 1. The van der Waals surface area contributed by atoms with Gasteiger partial charge in [0.05, 0.1) is 32.7 Å². The van der Waals surface area contributed by atoms with E-state index in [2.05, 4.69) is 15.4 Å². The first-order chi connectivity index (χ1) is 17.9. The standard InChI is InChI=1S/C24H33FN4O4S/c1-5-33-21-13-18(19(25)14-26-21)22-17-7-6-16(12-20(17)29(28-22)15(2)3)23(30)27-24(4)8-10-34(31,32)11-9-24/h13-16H,5-12H2,1-4H3,(H,27,30)/t16-/m1/s1/i1D3,5D2. The summed E-state index contributed by atoms with van der Waals surface area (Å²) in [6, 6.07) is 1.03. The largest absolute Gasteiger partial charge is 0.478 e. The van der Waals surface area contributed by atoms with Crippen LogP contribution in [0.4, 0.5) is 4.39 Å². The predicted octanol–water partition coefficient (Wildman–Crippen LogP) is 3.25. The molecule has 1 N–H and O–H groups in total. The van der Waals surface area contributed by atoms with Gasteiger partial charge >= 0.3 is 0 Å². The van der Waals surface area contributed by atoms with Gasteiger partial charge in [-0.25, -0.2) is 17.8 Å². The van der Waals surface area contributed by atoms with Gasteiger partial charge in [0.25, 0.3) is 0 Å². The average Bonchev–Trinajstić information content (AvgIpc) is 3.21. The van der Waals surface area contributed by atoms with Crippen LogP contribution in [0.15, 0.2) is 12.3 Å². The minimum Gasteiger partial charge on any atom is -0.478 e. The maximum absolute atomic E-state index is 15.0. The molecular formula is C24H33FN4O4S. The van der Waals surface area contributed by atoms with Gasteiger partial charge in [0, 0.05) is 50.9 Å². The molecule has 2 aliphatic rings. The van der Waals surface area contributed by atoms with Gasteiger partial charge in [0.2, 0.25) is 11.8 Å². The minimum absolute atomic E-state index is 0.00387. The SMILES string of the molecule is [2H]C([2H])([2H])C([2H])([2H])Oc1cc(-c2nn(C(C)C)c3c2CC[C@@H](C(=O)NC2(C)CCS(=O)(=O)CC2)C3)c(F)cn1. The van der Waals surface area contributed by atoms with E-state index >= 15 is 0 Å². The predicted molar refractivity (Wildman–Crippen MR) is 127 cm³/mol. The second kappa shape index (κ2) is 9.28. The number of aromatic nitrogens is 3. The highest BCUT2D eigenvalue weighted by molar-refractivity contribution is 7.91. The fourth-order valence-corrected chi connectivity index (χ4v) is 6.45. The first kappa shape index (κ1) is 18.8. The maximum atomic E-state index is 15.0. The van der Waals surface area contributed by atoms with Crippen LogP contribution in [0.2, 0.25) is 0 Å². The van der Waals surface area contributed by atoms with Crippen molar-refractivity contribution in [1.82, 2.24) is 20.1 Å². The zero-order valence-corrected chi connectivity index (χ0v) is 20.3. The number of halogens is 1. The summed E-state index contributed by atoms with van der Waals surface area (Å²) in [6.45, 7) is -0.435. The van der Waals surface area contributed by atoms with Crippen molar-refractivity contribution in [3.05, 3.63) is 29.3 Å². The lowest BCUT2D eigenvalue weighted by atomic mass is 9.84. The Morgan fingerprint density at radius 3 is 2.85 bits per heavy atom. The third-order valence-electron chi connectivity index (χ3n) is 6.76. The van der Waals surface area contributed by atoms with E-state index in [0.717, 1.165) is 23.5 Å². The Morgan fingerprint density at radius 1 is 1.44 bits per heavy atom. The Labute approximate surface area is 207 Å². The van der Waals surface area contributed by atoms with Crippen molar-refractivity contribution in [3.8, 4) is 17.1 Å².